The minimum Gasteiger partial charge on any atom is -0.344 e. The molecule has 0 atom stereocenters. The highest BCUT2D eigenvalue weighted by molar-refractivity contribution is 7.71. The van der Waals surface area contributed by atoms with Gasteiger partial charge in [0.15, 0.2) is 15.7 Å². The molecule has 11 heteroatoms. The molecule has 0 spiro atoms. The van der Waals surface area contributed by atoms with Gasteiger partial charge in [-0.15, -0.1) is 11.3 Å². The number of nitrogens with one attached hydrogen (secondary N) is 1. The van der Waals surface area contributed by atoms with Gasteiger partial charge in [0.05, 0.1) is 4.88 Å². The zero-order chi connectivity index (χ0) is 20.5. The molecule has 1 saturated heterocycles. The van der Waals surface area contributed by atoms with Gasteiger partial charge in [0.1, 0.15) is 10.3 Å². The molecule has 1 aliphatic rings. The fourth-order valence-electron chi connectivity index (χ4n) is 3.53. The first-order valence-electron chi connectivity index (χ1n) is 9.62. The number of carbonyl (C=O) groups excluding carboxylic acids is 1. The molecule has 1 amide bonds. The summed E-state index contributed by atoms with van der Waals surface area (Å²) in [5.41, 5.74) is 0.925. The maximum absolute atomic E-state index is 12.8. The summed E-state index contributed by atoms with van der Waals surface area (Å²) in [4.78, 5) is 28.0. The second-order valence-corrected chi connectivity index (χ2v) is 9.21. The Morgan fingerprint density at radius 1 is 1.20 bits per heavy atom. The summed E-state index contributed by atoms with van der Waals surface area (Å²) in [6.07, 6.45) is 2.19. The van der Waals surface area contributed by atoms with Crippen LogP contribution >= 0.6 is 34.9 Å². The van der Waals surface area contributed by atoms with Crippen molar-refractivity contribution in [3.8, 4) is 10.7 Å². The second-order valence-electron chi connectivity index (χ2n) is 6.92. The van der Waals surface area contributed by atoms with E-state index < -0.39 is 0 Å². The first kappa shape index (κ1) is 19.3. The summed E-state index contributed by atoms with van der Waals surface area (Å²) < 4.78 is 2.45. The topological polar surface area (TPSA) is 82.9 Å². The van der Waals surface area contributed by atoms with Crippen molar-refractivity contribution in [1.29, 1.82) is 0 Å². The van der Waals surface area contributed by atoms with E-state index in [9.17, 15) is 4.79 Å². The maximum Gasteiger partial charge on any atom is 0.224 e. The van der Waals surface area contributed by atoms with E-state index in [1.54, 1.807) is 28.9 Å². The average Bonchev–Trinajstić information content (AvgIpc) is 3.51. The number of rotatable bonds is 5. The lowest BCUT2D eigenvalue weighted by Crippen LogP contribution is -2.48. The number of aromatic nitrogens is 5. The molecule has 0 saturated carbocycles. The molecule has 1 aliphatic heterocycles. The van der Waals surface area contributed by atoms with Crippen molar-refractivity contribution in [1.82, 2.24) is 29.6 Å². The number of thiophene rings is 1. The van der Waals surface area contributed by atoms with Crippen molar-refractivity contribution in [2.24, 2.45) is 0 Å². The largest absolute Gasteiger partial charge is 0.344 e. The third kappa shape index (κ3) is 3.75. The molecule has 0 aromatic carbocycles. The Bertz CT molecular complexity index is 1190. The molecule has 30 heavy (non-hydrogen) atoms. The molecule has 5 rings (SSSR count). The molecule has 0 unspecified atom stereocenters. The fraction of sp³-hybridized carbons (Fsp3) is 0.316. The van der Waals surface area contributed by atoms with Crippen molar-refractivity contribution < 1.29 is 4.79 Å². The highest BCUT2D eigenvalue weighted by atomic mass is 32.1. The molecule has 4 aromatic rings. The minimum absolute atomic E-state index is 0.140. The van der Waals surface area contributed by atoms with Crippen LogP contribution in [0.1, 0.15) is 6.42 Å². The van der Waals surface area contributed by atoms with Gasteiger partial charge in [-0.1, -0.05) is 17.4 Å². The van der Waals surface area contributed by atoms with E-state index in [4.69, 9.17) is 12.2 Å². The number of hydrogen-bond donors (Lipinski definition) is 1. The van der Waals surface area contributed by atoms with E-state index in [2.05, 4.69) is 25.1 Å². The number of pyridine rings is 1. The summed E-state index contributed by atoms with van der Waals surface area (Å²) in [6, 6.07) is 7.87. The van der Waals surface area contributed by atoms with E-state index in [0.29, 0.717) is 30.8 Å². The molecular formula is C19H19N7OS3. The second kappa shape index (κ2) is 8.25. The molecule has 0 radical (unpaired) electrons. The number of hydrogen-bond acceptors (Lipinski definition) is 8. The van der Waals surface area contributed by atoms with E-state index >= 15 is 0 Å². The summed E-state index contributed by atoms with van der Waals surface area (Å²) in [7, 11) is 0. The van der Waals surface area contributed by atoms with Crippen LogP contribution in [-0.2, 0) is 11.3 Å². The summed E-state index contributed by atoms with van der Waals surface area (Å²) in [6.45, 7) is 3.45. The van der Waals surface area contributed by atoms with Crippen LogP contribution in [0.25, 0.3) is 21.0 Å². The minimum atomic E-state index is 0.140. The molecular weight excluding hydrogens is 438 g/mol. The zero-order valence-corrected chi connectivity index (χ0v) is 18.5. The third-order valence-corrected chi connectivity index (χ3v) is 7.32. The SMILES string of the molecule is O=C(CCn1c(-c2cccs2)n[nH]c1=S)N1CCN(c2nc3cccnc3s2)CC1. The normalized spacial score (nSPS) is 14.5. The fourth-order valence-corrected chi connectivity index (χ4v) is 5.43. The van der Waals surface area contributed by atoms with Gasteiger partial charge < -0.3 is 9.80 Å². The van der Waals surface area contributed by atoms with Crippen LogP contribution < -0.4 is 4.90 Å². The van der Waals surface area contributed by atoms with Crippen molar-refractivity contribution in [2.45, 2.75) is 13.0 Å². The van der Waals surface area contributed by atoms with E-state index in [0.717, 1.165) is 39.3 Å². The molecule has 0 aliphatic carbocycles. The van der Waals surface area contributed by atoms with Crippen molar-refractivity contribution in [3.05, 3.63) is 40.6 Å². The van der Waals surface area contributed by atoms with E-state index in [-0.39, 0.29) is 5.91 Å². The van der Waals surface area contributed by atoms with Crippen LogP contribution in [0, 0.1) is 4.77 Å². The van der Waals surface area contributed by atoms with Gasteiger partial charge in [0.25, 0.3) is 0 Å². The van der Waals surface area contributed by atoms with Crippen LogP contribution in [0.4, 0.5) is 5.13 Å². The number of carbonyl (C=O) groups is 1. The number of fused-ring (bicyclic) bond motifs is 1. The summed E-state index contributed by atoms with van der Waals surface area (Å²) >= 11 is 8.56. The first-order chi connectivity index (χ1) is 14.7. The lowest BCUT2D eigenvalue weighted by Gasteiger charge is -2.34. The number of H-pyrrole nitrogens is 1. The molecule has 1 fully saturated rings. The van der Waals surface area contributed by atoms with Gasteiger partial charge in [-0.05, 0) is 35.8 Å². The Labute approximate surface area is 185 Å². The van der Waals surface area contributed by atoms with Crippen molar-refractivity contribution in [3.63, 3.8) is 0 Å². The molecule has 0 bridgehead atoms. The Hall–Kier alpha value is -2.63. The van der Waals surface area contributed by atoms with Gasteiger partial charge in [-0.3, -0.25) is 14.5 Å². The predicted octanol–water partition coefficient (Wildman–Crippen LogP) is 3.41. The Morgan fingerprint density at radius 3 is 2.83 bits per heavy atom. The van der Waals surface area contributed by atoms with Crippen LogP contribution in [0.3, 0.4) is 0 Å². The number of aromatic amines is 1. The van der Waals surface area contributed by atoms with E-state index in [1.807, 2.05) is 39.1 Å². The first-order valence-corrected chi connectivity index (χ1v) is 11.7. The Morgan fingerprint density at radius 2 is 2.07 bits per heavy atom. The van der Waals surface area contributed by atoms with Crippen LogP contribution in [-0.4, -0.2) is 61.7 Å². The number of anilines is 1. The standard InChI is InChI=1S/C19H19N7OS3/c27-15(5-7-26-16(22-23-18(26)28)14-4-2-12-29-14)24-8-10-25(11-9-24)19-21-13-3-1-6-20-17(13)30-19/h1-4,6,12H,5,7-11H2,(H,23,28). The molecule has 1 N–H and O–H groups in total. The molecule has 8 nitrogen and oxygen atoms in total. The van der Waals surface area contributed by atoms with Crippen LogP contribution in [0.15, 0.2) is 35.8 Å². The monoisotopic (exact) mass is 457 g/mol. The van der Waals surface area contributed by atoms with Crippen LogP contribution in [0.5, 0.6) is 0 Å². The number of piperazine rings is 1. The van der Waals surface area contributed by atoms with Crippen molar-refractivity contribution in [2.75, 3.05) is 31.1 Å². The smallest absolute Gasteiger partial charge is 0.224 e. The summed E-state index contributed by atoms with van der Waals surface area (Å²) in [5.74, 6) is 0.929. The van der Waals surface area contributed by atoms with E-state index in [1.165, 1.54) is 0 Å². The lowest BCUT2D eigenvalue weighted by molar-refractivity contribution is -0.131. The average molecular weight is 458 g/mol. The van der Waals surface area contributed by atoms with Gasteiger partial charge >= 0.3 is 0 Å². The zero-order valence-electron chi connectivity index (χ0n) is 16.0. The van der Waals surface area contributed by atoms with Gasteiger partial charge in [-0.2, -0.15) is 5.10 Å². The number of thiazole rings is 1. The quantitative estimate of drug-likeness (QED) is 0.463. The lowest BCUT2D eigenvalue weighted by atomic mass is 10.3. The number of amides is 1. The summed E-state index contributed by atoms with van der Waals surface area (Å²) in [5, 5.41) is 10.1. The molecule has 5 heterocycles. The molecule has 154 valence electrons. The molecule has 4 aromatic heterocycles. The van der Waals surface area contributed by atoms with Crippen LogP contribution in [0.2, 0.25) is 0 Å². The van der Waals surface area contributed by atoms with Gasteiger partial charge in [-0.25, -0.2) is 9.97 Å². The highest BCUT2D eigenvalue weighted by Gasteiger charge is 2.23. The maximum atomic E-state index is 12.8. The van der Waals surface area contributed by atoms with Gasteiger partial charge in [0.2, 0.25) is 5.91 Å². The third-order valence-electron chi connectivity index (χ3n) is 5.11. The predicted molar refractivity (Wildman–Crippen MR) is 122 cm³/mol. The van der Waals surface area contributed by atoms with Crippen molar-refractivity contribution >= 4 is 56.3 Å². The highest BCUT2D eigenvalue weighted by Crippen LogP contribution is 2.28. The number of nitrogens with zero attached hydrogens (tertiary/aromatic N) is 6. The van der Waals surface area contributed by atoms with Gasteiger partial charge in [0, 0.05) is 45.3 Å². The Kier molecular flexibility index (Phi) is 5.32. The Balaban J connectivity index is 1.20.